The van der Waals surface area contributed by atoms with Gasteiger partial charge in [0.25, 0.3) is 0 Å². The van der Waals surface area contributed by atoms with Crippen LogP contribution in [0.25, 0.3) is 0 Å². The Balaban J connectivity index is 0.000000599. The van der Waals surface area contributed by atoms with E-state index in [1.165, 1.54) is 70.6 Å². The number of hydrogen-bond acceptors (Lipinski definition) is 6. The first-order chi connectivity index (χ1) is 26.0. The van der Waals surface area contributed by atoms with E-state index in [4.69, 9.17) is 0 Å². The molecule has 3 aliphatic carbocycles. The Morgan fingerprint density at radius 2 is 0.927 bits per heavy atom. The minimum atomic E-state index is -0.928. The van der Waals surface area contributed by atoms with Crippen molar-refractivity contribution < 1.29 is 58.9 Å². The summed E-state index contributed by atoms with van der Waals surface area (Å²) in [5, 5.41) is 29.6. The summed E-state index contributed by atoms with van der Waals surface area (Å²) < 4.78 is 0. The van der Waals surface area contributed by atoms with E-state index in [1.54, 1.807) is 0 Å². The predicted octanol–water partition coefficient (Wildman–Crippen LogP) is 5.44. The van der Waals surface area contributed by atoms with Crippen molar-refractivity contribution in [3.8, 4) is 0 Å². The van der Waals surface area contributed by atoms with E-state index in [0.29, 0.717) is 17.8 Å². The van der Waals surface area contributed by atoms with Gasteiger partial charge in [-0.25, -0.2) is 0 Å². The maximum atomic E-state index is 13.3. The molecule has 0 aliphatic heterocycles. The van der Waals surface area contributed by atoms with Crippen LogP contribution in [0.1, 0.15) is 214 Å². The molecule has 0 aromatic rings. The smallest absolute Gasteiger partial charge is 0.550 e. The summed E-state index contributed by atoms with van der Waals surface area (Å²) in [5.74, 6) is -0.484. The first-order valence-electron chi connectivity index (χ1n) is 22.8. The van der Waals surface area contributed by atoms with Crippen molar-refractivity contribution in [3.05, 3.63) is 0 Å². The van der Waals surface area contributed by atoms with E-state index >= 15 is 0 Å². The number of aliphatic hydroxyl groups is 1. The van der Waals surface area contributed by atoms with Crippen LogP contribution in [-0.4, -0.2) is 53.0 Å². The molecule has 0 heterocycles. The summed E-state index contributed by atoms with van der Waals surface area (Å²) in [4.78, 5) is 49.4. The average molecular weight is 784 g/mol. The molecule has 0 saturated heterocycles. The van der Waals surface area contributed by atoms with Gasteiger partial charge in [-0.15, -0.1) is 0 Å². The van der Waals surface area contributed by atoms with Gasteiger partial charge in [-0.1, -0.05) is 137 Å². The van der Waals surface area contributed by atoms with E-state index in [1.807, 2.05) is 0 Å². The summed E-state index contributed by atoms with van der Waals surface area (Å²) in [6, 6.07) is 0.520. The maximum absolute atomic E-state index is 13.3. The molecule has 7 atom stereocenters. The molecule has 0 spiro atoms. The van der Waals surface area contributed by atoms with Gasteiger partial charge in [0.1, 0.15) is 0 Å². The van der Waals surface area contributed by atoms with E-state index in [9.17, 15) is 29.4 Å². The maximum Gasteiger partial charge on any atom is 1.00 e. The molecule has 10 heteroatoms. The summed E-state index contributed by atoms with van der Waals surface area (Å²) in [5.41, 5.74) is 0. The topological polar surface area (TPSA) is 148 Å². The Bertz CT molecular complexity index is 1010. The third-order valence-corrected chi connectivity index (χ3v) is 12.6. The molecule has 55 heavy (non-hydrogen) atoms. The number of hydrogen-bond donors (Lipinski definition) is 4. The van der Waals surface area contributed by atoms with E-state index in [-0.39, 0.29) is 90.8 Å². The van der Waals surface area contributed by atoms with Crippen LogP contribution in [0.4, 0.5) is 0 Å². The number of carboxylic acid groups (broad SMARTS) is 1. The van der Waals surface area contributed by atoms with Gasteiger partial charge in [0, 0.05) is 36.9 Å². The van der Waals surface area contributed by atoms with Gasteiger partial charge < -0.3 is 31.0 Å². The number of rotatable bonds is 24. The second-order valence-electron chi connectivity index (χ2n) is 17.6. The van der Waals surface area contributed by atoms with Crippen LogP contribution in [0.2, 0.25) is 0 Å². The van der Waals surface area contributed by atoms with Crippen molar-refractivity contribution in [2.75, 3.05) is 0 Å². The second kappa shape index (κ2) is 31.8. The van der Waals surface area contributed by atoms with Gasteiger partial charge in [-0.3, -0.25) is 14.4 Å². The Kier molecular flexibility index (Phi) is 30.0. The second-order valence-corrected chi connectivity index (χ2v) is 17.6. The molecule has 3 amide bonds. The molecule has 0 radical (unpaired) electrons. The summed E-state index contributed by atoms with van der Waals surface area (Å²) in [6.07, 6.45) is 29.5. The largest absolute Gasteiger partial charge is 1.00 e. The molecule has 3 saturated carbocycles. The molecular formula is C45H82N3NaO6. The average Bonchev–Trinajstić information content (AvgIpc) is 3.13. The third kappa shape index (κ3) is 24.4. The molecular weight excluding hydrogens is 702 g/mol. The molecule has 314 valence electrons. The molecule has 0 aromatic carbocycles. The summed E-state index contributed by atoms with van der Waals surface area (Å²) in [7, 11) is 0. The molecule has 7 unspecified atom stereocenters. The SMILES string of the molecule is CC1CCCCC1NC(=O)CC(CC(=O)NC1CCCCC1C)C(=O)NC1CCCCC1C.CCCCCCC(O)CCCCCCCCCCC(=O)[O-].[Na+]. The van der Waals surface area contributed by atoms with Crippen LogP contribution in [-0.2, 0) is 19.2 Å². The number of amides is 3. The van der Waals surface area contributed by atoms with Crippen LogP contribution < -0.4 is 50.6 Å². The Hall–Kier alpha value is -1.16. The first-order valence-corrected chi connectivity index (χ1v) is 22.8. The molecule has 3 fully saturated rings. The van der Waals surface area contributed by atoms with Crippen LogP contribution in [0, 0.1) is 23.7 Å². The molecule has 0 bridgehead atoms. The number of nitrogens with one attached hydrogen (secondary N) is 3. The zero-order valence-electron chi connectivity index (χ0n) is 36.1. The molecule has 9 nitrogen and oxygen atoms in total. The van der Waals surface area contributed by atoms with E-state index < -0.39 is 11.9 Å². The fourth-order valence-corrected chi connectivity index (χ4v) is 8.79. The molecule has 3 aliphatic rings. The Morgan fingerprint density at radius 1 is 0.564 bits per heavy atom. The Labute approximate surface area is 358 Å². The standard InChI is InChI=1S/C27H47N3O3.C18H36O3.Na/c1-18-10-4-7-13-22(18)28-25(31)16-21(27(33)30-24-15-9-6-12-20(24)3)17-26(32)29-23-14-8-5-11-19(23)2;1-2-3-4-11-14-17(19)15-12-9-7-5-6-8-10-13-16-18(20)21;/h18-24H,4-17H2,1-3H3,(H,28,31)(H,29,32)(H,30,33);17,19H,2-16H2,1H3,(H,20,21);/q;;+1/p-1. The van der Waals surface area contributed by atoms with Crippen LogP contribution in [0.5, 0.6) is 0 Å². The van der Waals surface area contributed by atoms with Crippen LogP contribution in [0.3, 0.4) is 0 Å². The monoisotopic (exact) mass is 784 g/mol. The minimum absolute atomic E-state index is 0. The summed E-state index contributed by atoms with van der Waals surface area (Å²) >= 11 is 0. The first kappa shape index (κ1) is 51.9. The number of carboxylic acids is 1. The quantitative estimate of drug-likeness (QED) is 0.0758. The predicted molar refractivity (Wildman–Crippen MR) is 217 cm³/mol. The minimum Gasteiger partial charge on any atom is -0.550 e. The van der Waals surface area contributed by atoms with Crippen molar-refractivity contribution in [3.63, 3.8) is 0 Å². The number of aliphatic carboxylic acids is 1. The van der Waals surface area contributed by atoms with Crippen molar-refractivity contribution in [1.82, 2.24) is 16.0 Å². The Morgan fingerprint density at radius 3 is 1.33 bits per heavy atom. The zero-order valence-corrected chi connectivity index (χ0v) is 38.1. The van der Waals surface area contributed by atoms with Gasteiger partial charge in [0.2, 0.25) is 17.7 Å². The number of aliphatic hydroxyl groups excluding tert-OH is 1. The van der Waals surface area contributed by atoms with Gasteiger partial charge in [-0.05, 0) is 82.0 Å². The third-order valence-electron chi connectivity index (χ3n) is 12.6. The van der Waals surface area contributed by atoms with Crippen molar-refractivity contribution in [1.29, 1.82) is 0 Å². The summed E-state index contributed by atoms with van der Waals surface area (Å²) in [6.45, 7) is 8.78. The van der Waals surface area contributed by atoms with Gasteiger partial charge >= 0.3 is 29.6 Å². The van der Waals surface area contributed by atoms with Crippen LogP contribution >= 0.6 is 0 Å². The van der Waals surface area contributed by atoms with Gasteiger partial charge in [0.15, 0.2) is 0 Å². The van der Waals surface area contributed by atoms with Crippen molar-refractivity contribution in [2.24, 2.45) is 23.7 Å². The number of unbranched alkanes of at least 4 members (excludes halogenated alkanes) is 10. The van der Waals surface area contributed by atoms with Crippen LogP contribution in [0.15, 0.2) is 0 Å². The van der Waals surface area contributed by atoms with Gasteiger partial charge in [-0.2, -0.15) is 0 Å². The fraction of sp³-hybridized carbons (Fsp3) is 0.911. The number of carbonyl (C=O) groups excluding carboxylic acids is 4. The normalized spacial score (nSPS) is 24.9. The van der Waals surface area contributed by atoms with Crippen molar-refractivity contribution in [2.45, 2.75) is 238 Å². The number of carbonyl (C=O) groups is 4. The van der Waals surface area contributed by atoms with Gasteiger partial charge in [0.05, 0.1) is 12.0 Å². The van der Waals surface area contributed by atoms with Crippen molar-refractivity contribution >= 4 is 23.7 Å². The van der Waals surface area contributed by atoms with E-state index in [0.717, 1.165) is 96.3 Å². The molecule has 3 rings (SSSR count). The molecule has 0 aromatic heterocycles. The molecule has 4 N–H and O–H groups in total. The van der Waals surface area contributed by atoms with E-state index in [2.05, 4.69) is 43.6 Å². The fourth-order valence-electron chi connectivity index (χ4n) is 8.79. The zero-order chi connectivity index (χ0) is 39.6.